The van der Waals surface area contributed by atoms with E-state index in [2.05, 4.69) is 51.4 Å². The van der Waals surface area contributed by atoms with Crippen molar-refractivity contribution in [2.45, 2.75) is 32.5 Å². The van der Waals surface area contributed by atoms with Crippen molar-refractivity contribution in [2.75, 3.05) is 30.4 Å². The summed E-state index contributed by atoms with van der Waals surface area (Å²) in [4.78, 5) is 10.7. The molecule has 0 unspecified atom stereocenters. The van der Waals surface area contributed by atoms with E-state index in [0.717, 1.165) is 37.4 Å². The summed E-state index contributed by atoms with van der Waals surface area (Å²) in [6, 6.07) is 8.38. The summed E-state index contributed by atoms with van der Waals surface area (Å²) in [6.45, 7) is 4.61. The molecule has 1 saturated heterocycles. The first-order chi connectivity index (χ1) is 11.7. The van der Waals surface area contributed by atoms with Crippen LogP contribution in [0, 0.1) is 6.92 Å². The zero-order chi connectivity index (χ0) is 16.9. The molecule has 1 aliphatic heterocycles. The highest BCUT2D eigenvalue weighted by Gasteiger charge is 2.23. The molecule has 0 spiro atoms. The average molecular weight is 347 g/mol. The van der Waals surface area contributed by atoms with Gasteiger partial charge < -0.3 is 15.0 Å². The molecular weight excluding hydrogens is 324 g/mol. The molecule has 0 aliphatic carbocycles. The van der Waals surface area contributed by atoms with Gasteiger partial charge in [-0.2, -0.15) is 0 Å². The van der Waals surface area contributed by atoms with Gasteiger partial charge in [0, 0.05) is 20.1 Å². The summed E-state index contributed by atoms with van der Waals surface area (Å²) in [7, 11) is 1.84. The maximum Gasteiger partial charge on any atom is 0.157 e. The summed E-state index contributed by atoms with van der Waals surface area (Å²) < 4.78 is 6.11. The molecule has 24 heavy (non-hydrogen) atoms. The molecule has 128 valence electrons. The van der Waals surface area contributed by atoms with Crippen LogP contribution >= 0.6 is 11.6 Å². The summed E-state index contributed by atoms with van der Waals surface area (Å²) in [6.07, 6.45) is 3.77. The number of nitrogens with zero attached hydrogens (tertiary/aromatic N) is 3. The molecule has 0 saturated carbocycles. The summed E-state index contributed by atoms with van der Waals surface area (Å²) >= 11 is 6.14. The van der Waals surface area contributed by atoms with Gasteiger partial charge in [0.2, 0.25) is 0 Å². The largest absolute Gasteiger partial charge is 0.383 e. The van der Waals surface area contributed by atoms with Gasteiger partial charge in [-0.15, -0.1) is 0 Å². The highest BCUT2D eigenvalue weighted by Crippen LogP contribution is 2.31. The molecule has 2 heterocycles. The van der Waals surface area contributed by atoms with Crippen LogP contribution in [0.3, 0.4) is 0 Å². The Bertz CT molecular complexity index is 686. The average Bonchev–Trinajstić information content (AvgIpc) is 2.61. The smallest absolute Gasteiger partial charge is 0.157 e. The van der Waals surface area contributed by atoms with Crippen molar-refractivity contribution < 1.29 is 4.74 Å². The van der Waals surface area contributed by atoms with Crippen molar-refractivity contribution in [1.82, 2.24) is 9.97 Å². The van der Waals surface area contributed by atoms with Gasteiger partial charge in [0.05, 0.1) is 12.7 Å². The van der Waals surface area contributed by atoms with Gasteiger partial charge in [-0.25, -0.2) is 9.97 Å². The molecule has 0 atom stereocenters. The van der Waals surface area contributed by atoms with Gasteiger partial charge in [-0.1, -0.05) is 35.9 Å². The number of rotatable bonds is 5. The SMILES string of the molecule is CNc1c(Cl)ncnc1N1CCC(OCc2ccccc2C)CC1. The molecule has 1 aliphatic rings. The van der Waals surface area contributed by atoms with E-state index in [4.69, 9.17) is 16.3 Å². The Morgan fingerprint density at radius 3 is 2.71 bits per heavy atom. The standard InChI is InChI=1S/C18H23ClN4O/c1-13-5-3-4-6-14(13)11-24-15-7-9-23(10-8-15)18-16(20-2)17(19)21-12-22-18/h3-6,12,15,20H,7-11H2,1-2H3. The Morgan fingerprint density at radius 1 is 1.25 bits per heavy atom. The monoisotopic (exact) mass is 346 g/mol. The van der Waals surface area contributed by atoms with E-state index >= 15 is 0 Å². The van der Waals surface area contributed by atoms with Gasteiger partial charge in [0.1, 0.15) is 12.0 Å². The Labute approximate surface area is 148 Å². The summed E-state index contributed by atoms with van der Waals surface area (Å²) in [5, 5.41) is 3.55. The number of aryl methyl sites for hydroxylation is 1. The van der Waals surface area contributed by atoms with Crippen LogP contribution < -0.4 is 10.2 Å². The molecule has 1 aromatic heterocycles. The maximum atomic E-state index is 6.14. The van der Waals surface area contributed by atoms with Crippen molar-refractivity contribution in [3.8, 4) is 0 Å². The molecule has 1 aromatic carbocycles. The number of nitrogens with one attached hydrogen (secondary N) is 1. The van der Waals surface area contributed by atoms with E-state index in [1.807, 2.05) is 7.05 Å². The number of halogens is 1. The number of hydrogen-bond donors (Lipinski definition) is 1. The van der Waals surface area contributed by atoms with Crippen LogP contribution in [-0.2, 0) is 11.3 Å². The Hall–Kier alpha value is -1.85. The Balaban J connectivity index is 1.56. The fourth-order valence-corrected chi connectivity index (χ4v) is 3.25. The van der Waals surface area contributed by atoms with E-state index in [0.29, 0.717) is 11.8 Å². The lowest BCUT2D eigenvalue weighted by Crippen LogP contribution is -2.37. The highest BCUT2D eigenvalue weighted by atomic mass is 35.5. The molecule has 1 N–H and O–H groups in total. The number of benzene rings is 1. The first kappa shape index (κ1) is 17.0. The third-order valence-electron chi connectivity index (χ3n) is 4.51. The van der Waals surface area contributed by atoms with Crippen LogP contribution in [0.15, 0.2) is 30.6 Å². The van der Waals surface area contributed by atoms with E-state index in [1.54, 1.807) is 0 Å². The minimum absolute atomic E-state index is 0.288. The second-order valence-electron chi connectivity index (χ2n) is 6.04. The van der Waals surface area contributed by atoms with E-state index in [9.17, 15) is 0 Å². The molecule has 0 radical (unpaired) electrons. The number of anilines is 2. The van der Waals surface area contributed by atoms with Crippen molar-refractivity contribution in [2.24, 2.45) is 0 Å². The second-order valence-corrected chi connectivity index (χ2v) is 6.39. The van der Waals surface area contributed by atoms with Crippen molar-refractivity contribution in [1.29, 1.82) is 0 Å². The van der Waals surface area contributed by atoms with E-state index in [1.165, 1.54) is 17.5 Å². The molecule has 5 nitrogen and oxygen atoms in total. The first-order valence-corrected chi connectivity index (χ1v) is 8.66. The zero-order valence-corrected chi connectivity index (χ0v) is 14.9. The number of ether oxygens (including phenoxy) is 1. The van der Waals surface area contributed by atoms with E-state index in [-0.39, 0.29) is 6.10 Å². The van der Waals surface area contributed by atoms with Gasteiger partial charge in [0.25, 0.3) is 0 Å². The molecule has 0 bridgehead atoms. The van der Waals surface area contributed by atoms with Crippen LogP contribution in [-0.4, -0.2) is 36.2 Å². The predicted molar refractivity (Wildman–Crippen MR) is 97.8 cm³/mol. The van der Waals surface area contributed by atoms with Crippen molar-refractivity contribution in [3.63, 3.8) is 0 Å². The lowest BCUT2D eigenvalue weighted by atomic mass is 10.1. The molecule has 3 rings (SSSR count). The molecule has 1 fully saturated rings. The normalized spacial score (nSPS) is 15.5. The van der Waals surface area contributed by atoms with Crippen molar-refractivity contribution in [3.05, 3.63) is 46.9 Å². The van der Waals surface area contributed by atoms with Gasteiger partial charge >= 0.3 is 0 Å². The van der Waals surface area contributed by atoms with Crippen LogP contribution in [0.4, 0.5) is 11.5 Å². The third kappa shape index (κ3) is 3.79. The quantitative estimate of drug-likeness (QED) is 0.837. The van der Waals surface area contributed by atoms with Crippen molar-refractivity contribution >= 4 is 23.1 Å². The van der Waals surface area contributed by atoms with Gasteiger partial charge in [0.15, 0.2) is 11.0 Å². The van der Waals surface area contributed by atoms with Crippen LogP contribution in [0.1, 0.15) is 24.0 Å². The number of piperidine rings is 1. The van der Waals surface area contributed by atoms with Gasteiger partial charge in [-0.3, -0.25) is 0 Å². The third-order valence-corrected chi connectivity index (χ3v) is 4.79. The van der Waals surface area contributed by atoms with Crippen LogP contribution in [0.2, 0.25) is 5.15 Å². The molecule has 2 aromatic rings. The fraction of sp³-hybridized carbons (Fsp3) is 0.444. The topological polar surface area (TPSA) is 50.3 Å². The lowest BCUT2D eigenvalue weighted by molar-refractivity contribution is 0.0248. The van der Waals surface area contributed by atoms with Crippen LogP contribution in [0.25, 0.3) is 0 Å². The molecule has 6 heteroatoms. The Morgan fingerprint density at radius 2 is 2.00 bits per heavy atom. The zero-order valence-electron chi connectivity index (χ0n) is 14.1. The minimum atomic E-state index is 0.288. The van der Waals surface area contributed by atoms with Gasteiger partial charge in [-0.05, 0) is 30.9 Å². The van der Waals surface area contributed by atoms with E-state index < -0.39 is 0 Å². The summed E-state index contributed by atoms with van der Waals surface area (Å²) in [5.41, 5.74) is 3.34. The Kier molecular flexibility index (Phi) is 5.53. The van der Waals surface area contributed by atoms with Crippen LogP contribution in [0.5, 0.6) is 0 Å². The molecular formula is C18H23ClN4O. The molecule has 0 amide bonds. The predicted octanol–water partition coefficient (Wildman–Crippen LogP) is 3.67. The summed E-state index contributed by atoms with van der Waals surface area (Å²) in [5.74, 6) is 0.870. The lowest BCUT2D eigenvalue weighted by Gasteiger charge is -2.33. The second kappa shape index (κ2) is 7.81. The first-order valence-electron chi connectivity index (χ1n) is 8.28. The number of aromatic nitrogens is 2. The highest BCUT2D eigenvalue weighted by molar-refractivity contribution is 6.32. The minimum Gasteiger partial charge on any atom is -0.383 e. The maximum absolute atomic E-state index is 6.14. The fourth-order valence-electron chi connectivity index (χ4n) is 3.02. The number of hydrogen-bond acceptors (Lipinski definition) is 5.